The molecule has 1 fully saturated rings. The van der Waals surface area contributed by atoms with Crippen molar-refractivity contribution < 1.29 is 4.74 Å². The molecule has 2 unspecified atom stereocenters. The number of hydrogen-bond donors (Lipinski definition) is 0. The Morgan fingerprint density at radius 3 is 2.03 bits per heavy atom. The van der Waals surface area contributed by atoms with Crippen LogP contribution in [0.1, 0.15) is 101 Å². The highest BCUT2D eigenvalue weighted by Gasteiger charge is 2.22. The Hall–Kier alpha value is -1.86. The van der Waals surface area contributed by atoms with Crippen molar-refractivity contribution in [1.29, 1.82) is 0 Å². The van der Waals surface area contributed by atoms with Gasteiger partial charge in [-0.3, -0.25) is 0 Å². The van der Waals surface area contributed by atoms with Gasteiger partial charge in [0.1, 0.15) is 0 Å². The van der Waals surface area contributed by atoms with Gasteiger partial charge in [-0.25, -0.2) is 0 Å². The first-order valence-corrected chi connectivity index (χ1v) is 13.9. The molecule has 2 atom stereocenters. The zero-order valence-corrected chi connectivity index (χ0v) is 22.1. The zero-order valence-electron chi connectivity index (χ0n) is 22.1. The molecule has 0 amide bonds. The van der Waals surface area contributed by atoms with Crippen molar-refractivity contribution >= 4 is 0 Å². The molecule has 0 aliphatic heterocycles. The molecule has 186 valence electrons. The fraction of sp³-hybridized carbons (Fsp3) is 0.576. The summed E-state index contributed by atoms with van der Waals surface area (Å²) < 4.78 is 5.77. The van der Waals surface area contributed by atoms with Crippen LogP contribution in [-0.4, -0.2) is 7.11 Å². The molecular formula is C33H48O. The Bertz CT molecular complexity index is 798. The van der Waals surface area contributed by atoms with E-state index in [1.165, 1.54) is 74.5 Å². The van der Waals surface area contributed by atoms with Gasteiger partial charge < -0.3 is 4.74 Å². The zero-order chi connectivity index (χ0) is 24.0. The summed E-state index contributed by atoms with van der Waals surface area (Å²) in [6.07, 6.45) is 20.6. The quantitative estimate of drug-likeness (QED) is 0.255. The van der Waals surface area contributed by atoms with Crippen LogP contribution >= 0.6 is 0 Å². The smallest absolute Gasteiger partial charge is 0.0821 e. The van der Waals surface area contributed by atoms with E-state index in [9.17, 15) is 0 Å². The highest BCUT2D eigenvalue weighted by molar-refractivity contribution is 5.23. The molecule has 1 aliphatic rings. The van der Waals surface area contributed by atoms with Crippen LogP contribution in [0.15, 0.2) is 66.7 Å². The third kappa shape index (κ3) is 9.41. The van der Waals surface area contributed by atoms with Crippen LogP contribution in [0.3, 0.4) is 0 Å². The lowest BCUT2D eigenvalue weighted by Gasteiger charge is -2.29. The minimum Gasteiger partial charge on any atom is -0.377 e. The summed E-state index contributed by atoms with van der Waals surface area (Å²) in [6, 6.07) is 20.1. The van der Waals surface area contributed by atoms with Gasteiger partial charge in [-0.15, -0.1) is 0 Å². The lowest BCUT2D eigenvalue weighted by molar-refractivity contribution is 0.0889. The van der Waals surface area contributed by atoms with Gasteiger partial charge in [0.15, 0.2) is 0 Å². The molecular weight excluding hydrogens is 412 g/mol. The Labute approximate surface area is 210 Å². The SMILES string of the molecule is C/C=C/CCc1ccc(CCC2CCC(CCC(C)CCC(OC)c3ccccc3)CC2)cc1. The first kappa shape index (κ1) is 26.7. The first-order chi connectivity index (χ1) is 16.7. The largest absolute Gasteiger partial charge is 0.377 e. The van der Waals surface area contributed by atoms with E-state index >= 15 is 0 Å². The lowest BCUT2D eigenvalue weighted by Crippen LogP contribution is -2.16. The number of aryl methyl sites for hydroxylation is 2. The normalized spacial score (nSPS) is 20.4. The Morgan fingerprint density at radius 1 is 0.794 bits per heavy atom. The van der Waals surface area contributed by atoms with E-state index in [0.29, 0.717) is 0 Å². The number of hydrogen-bond acceptors (Lipinski definition) is 1. The van der Waals surface area contributed by atoms with Crippen LogP contribution in [0, 0.1) is 17.8 Å². The van der Waals surface area contributed by atoms with E-state index in [2.05, 4.69) is 80.6 Å². The van der Waals surface area contributed by atoms with Crippen molar-refractivity contribution in [2.24, 2.45) is 17.8 Å². The summed E-state index contributed by atoms with van der Waals surface area (Å²) in [5.74, 6) is 2.69. The molecule has 0 N–H and O–H groups in total. The second-order valence-electron chi connectivity index (χ2n) is 10.7. The molecule has 3 rings (SSSR count). The molecule has 0 bridgehead atoms. The maximum atomic E-state index is 5.77. The third-order valence-electron chi connectivity index (χ3n) is 8.11. The Morgan fingerprint density at radius 2 is 1.41 bits per heavy atom. The maximum absolute atomic E-state index is 5.77. The van der Waals surface area contributed by atoms with Crippen molar-refractivity contribution in [2.75, 3.05) is 7.11 Å². The highest BCUT2D eigenvalue weighted by atomic mass is 16.5. The van der Waals surface area contributed by atoms with E-state index in [4.69, 9.17) is 4.74 Å². The van der Waals surface area contributed by atoms with Crippen LogP contribution in [-0.2, 0) is 17.6 Å². The Balaban J connectivity index is 1.28. The predicted octanol–water partition coefficient (Wildman–Crippen LogP) is 9.52. The van der Waals surface area contributed by atoms with Crippen molar-refractivity contribution in [1.82, 2.24) is 0 Å². The number of rotatable bonds is 14. The second-order valence-corrected chi connectivity index (χ2v) is 10.7. The summed E-state index contributed by atoms with van der Waals surface area (Å²) in [7, 11) is 1.85. The van der Waals surface area contributed by atoms with Gasteiger partial charge in [-0.2, -0.15) is 0 Å². The summed E-state index contributed by atoms with van der Waals surface area (Å²) in [5, 5.41) is 0. The predicted molar refractivity (Wildman–Crippen MR) is 147 cm³/mol. The number of allylic oxidation sites excluding steroid dienone is 2. The van der Waals surface area contributed by atoms with Gasteiger partial charge in [0, 0.05) is 7.11 Å². The number of methoxy groups -OCH3 is 1. The summed E-state index contributed by atoms with van der Waals surface area (Å²) in [4.78, 5) is 0. The minimum absolute atomic E-state index is 0.244. The van der Waals surface area contributed by atoms with Gasteiger partial charge >= 0.3 is 0 Å². The van der Waals surface area contributed by atoms with E-state index < -0.39 is 0 Å². The summed E-state index contributed by atoms with van der Waals surface area (Å²) >= 11 is 0. The molecule has 1 nitrogen and oxygen atoms in total. The molecule has 1 saturated carbocycles. The monoisotopic (exact) mass is 460 g/mol. The van der Waals surface area contributed by atoms with E-state index in [1.54, 1.807) is 0 Å². The van der Waals surface area contributed by atoms with Crippen molar-refractivity contribution in [3.05, 3.63) is 83.4 Å². The topological polar surface area (TPSA) is 9.23 Å². The molecule has 1 heteroatoms. The third-order valence-corrected chi connectivity index (χ3v) is 8.11. The average molecular weight is 461 g/mol. The van der Waals surface area contributed by atoms with E-state index in [1.807, 2.05) is 7.11 Å². The minimum atomic E-state index is 0.244. The van der Waals surface area contributed by atoms with Crippen LogP contribution in [0.2, 0.25) is 0 Å². The molecule has 0 aromatic heterocycles. The van der Waals surface area contributed by atoms with Gasteiger partial charge in [0.25, 0.3) is 0 Å². The van der Waals surface area contributed by atoms with Gasteiger partial charge in [0.05, 0.1) is 6.10 Å². The average Bonchev–Trinajstić information content (AvgIpc) is 2.89. The summed E-state index contributed by atoms with van der Waals surface area (Å²) in [5.41, 5.74) is 4.31. The fourth-order valence-corrected chi connectivity index (χ4v) is 5.66. The molecule has 34 heavy (non-hydrogen) atoms. The van der Waals surface area contributed by atoms with Crippen LogP contribution in [0.5, 0.6) is 0 Å². The van der Waals surface area contributed by atoms with Crippen molar-refractivity contribution in [2.45, 2.75) is 97.0 Å². The van der Waals surface area contributed by atoms with Crippen LogP contribution in [0.25, 0.3) is 0 Å². The van der Waals surface area contributed by atoms with E-state index in [0.717, 1.165) is 37.0 Å². The molecule has 0 saturated heterocycles. The van der Waals surface area contributed by atoms with Gasteiger partial charge in [0.2, 0.25) is 0 Å². The molecule has 0 radical (unpaired) electrons. The van der Waals surface area contributed by atoms with Gasteiger partial charge in [-0.1, -0.05) is 112 Å². The Kier molecular flexibility index (Phi) is 12.0. The fourth-order valence-electron chi connectivity index (χ4n) is 5.66. The molecule has 2 aromatic rings. The standard InChI is InChI=1S/C33H48O/c1-4-5-7-10-28-16-18-30(19-17-28)24-25-31-22-20-29(21-23-31)15-13-27(2)14-26-33(34-3)32-11-8-6-9-12-32/h4-6,8-9,11-12,16-19,27,29,31,33H,7,10,13-15,20-26H2,1-3H3/b5-4+. The van der Waals surface area contributed by atoms with Crippen molar-refractivity contribution in [3.8, 4) is 0 Å². The molecule has 1 aliphatic carbocycles. The first-order valence-electron chi connectivity index (χ1n) is 13.9. The maximum Gasteiger partial charge on any atom is 0.0821 e. The number of benzene rings is 2. The number of ether oxygens (including phenoxy) is 1. The molecule has 0 heterocycles. The lowest BCUT2D eigenvalue weighted by atomic mass is 9.77. The second kappa shape index (κ2) is 15.2. The highest BCUT2D eigenvalue weighted by Crippen LogP contribution is 2.35. The molecule has 2 aromatic carbocycles. The van der Waals surface area contributed by atoms with Crippen LogP contribution in [0.4, 0.5) is 0 Å². The van der Waals surface area contributed by atoms with E-state index in [-0.39, 0.29) is 6.10 Å². The van der Waals surface area contributed by atoms with Crippen molar-refractivity contribution in [3.63, 3.8) is 0 Å². The van der Waals surface area contributed by atoms with Crippen LogP contribution < -0.4 is 0 Å². The van der Waals surface area contributed by atoms with Gasteiger partial charge in [-0.05, 0) is 79.9 Å². The molecule has 0 spiro atoms. The summed E-state index contributed by atoms with van der Waals surface area (Å²) in [6.45, 7) is 4.54.